The molecule has 0 saturated heterocycles. The van der Waals surface area contributed by atoms with Crippen LogP contribution in [0.5, 0.6) is 0 Å². The second kappa shape index (κ2) is 8.61. The second-order valence-corrected chi connectivity index (χ2v) is 9.69. The molecular weight excluding hydrogens is 326 g/mol. The smallest absolute Gasteiger partial charge is 0.0726 e. The highest BCUT2D eigenvalue weighted by Gasteiger charge is 2.70. The first-order valence-electron chi connectivity index (χ1n) is 10.6. The number of rotatable bonds is 10. The Bertz CT molecular complexity index is 519. The molecule has 0 bridgehead atoms. The van der Waals surface area contributed by atoms with Crippen molar-refractivity contribution in [2.75, 3.05) is 0 Å². The lowest BCUT2D eigenvalue weighted by atomic mass is 9.17. The van der Waals surface area contributed by atoms with Crippen molar-refractivity contribution < 1.29 is 0 Å². The molecule has 9 heteroatoms. The quantitative estimate of drug-likeness (QED) is 0.417. The molecular formula is C19H29B9. The molecule has 0 aromatic heterocycles. The normalized spacial score (nSPS) is 32.4. The van der Waals surface area contributed by atoms with Gasteiger partial charge in [0.1, 0.15) is 0 Å². The van der Waals surface area contributed by atoms with Crippen LogP contribution in [0.15, 0.2) is 0 Å². The van der Waals surface area contributed by atoms with E-state index in [1.54, 1.807) is 6.92 Å². The third kappa shape index (κ3) is 3.59. The molecule has 1 aliphatic rings. The van der Waals surface area contributed by atoms with Gasteiger partial charge in [-0.1, -0.05) is 87.9 Å². The van der Waals surface area contributed by atoms with Crippen molar-refractivity contribution in [1.82, 2.24) is 0 Å². The standard InChI is InChI=1S/C19H29B9/c1-5-7-9-11-14(3,12-10-8-6-2)18(25,26)16(22)13(20)17(23,24)19(27,28)15(16,4)21/h13H,5-12H2,1-4H3. The van der Waals surface area contributed by atoms with Crippen molar-refractivity contribution in [2.45, 2.75) is 111 Å². The zero-order chi connectivity index (χ0) is 22.2. The highest BCUT2D eigenvalue weighted by Crippen LogP contribution is 2.89. The SMILES string of the molecule is [B]C1C([B])([B])C([B])([B])C([B])(C)C1([B])C([B])([B])C(C)(CCCCC)CCCCC. The third-order valence-corrected chi connectivity index (χ3v) is 7.79. The van der Waals surface area contributed by atoms with E-state index in [0.29, 0.717) is 0 Å². The van der Waals surface area contributed by atoms with Crippen molar-refractivity contribution in [1.29, 1.82) is 0 Å². The summed E-state index contributed by atoms with van der Waals surface area (Å²) in [6, 6.07) is 0. The molecule has 18 radical (unpaired) electrons. The van der Waals surface area contributed by atoms with Gasteiger partial charge in [-0.15, -0.1) is 10.4 Å². The topological polar surface area (TPSA) is 0 Å². The third-order valence-electron chi connectivity index (χ3n) is 7.79. The maximum Gasteiger partial charge on any atom is 0.0726 e. The van der Waals surface area contributed by atoms with Crippen LogP contribution in [-0.2, 0) is 0 Å². The van der Waals surface area contributed by atoms with E-state index in [4.69, 9.17) is 70.6 Å². The summed E-state index contributed by atoms with van der Waals surface area (Å²) in [5.74, 6) is -1.10. The average Bonchev–Trinajstić information content (AvgIpc) is 2.65. The fourth-order valence-corrected chi connectivity index (χ4v) is 5.00. The van der Waals surface area contributed by atoms with Crippen molar-refractivity contribution in [3.63, 3.8) is 0 Å². The number of hydrogen-bond acceptors (Lipinski definition) is 0. The summed E-state index contributed by atoms with van der Waals surface area (Å²) >= 11 is 0. The minimum Gasteiger partial charge on any atom is -0.113 e. The Hall–Kier alpha value is 0.584. The Kier molecular flexibility index (Phi) is 8.19. The Morgan fingerprint density at radius 1 is 0.786 bits per heavy atom. The molecule has 0 heterocycles. The molecule has 1 fully saturated rings. The highest BCUT2D eigenvalue weighted by molar-refractivity contribution is 6.63. The van der Waals surface area contributed by atoms with E-state index in [1.165, 1.54) is 0 Å². The summed E-state index contributed by atoms with van der Waals surface area (Å²) in [6.07, 6.45) is 7.80. The van der Waals surface area contributed by atoms with Crippen LogP contribution in [0.1, 0.15) is 79.1 Å². The van der Waals surface area contributed by atoms with E-state index < -0.39 is 37.5 Å². The molecule has 0 amide bonds. The number of hydrogen-bond donors (Lipinski definition) is 0. The minimum atomic E-state index is -1.77. The van der Waals surface area contributed by atoms with Gasteiger partial charge in [0.2, 0.25) is 0 Å². The fraction of sp³-hybridized carbons (Fsp3) is 1.00. The van der Waals surface area contributed by atoms with E-state index in [-0.39, 0.29) is 0 Å². The largest absolute Gasteiger partial charge is 0.113 e. The lowest BCUT2D eigenvalue weighted by molar-refractivity contribution is 0.160. The first-order chi connectivity index (χ1) is 12.5. The van der Waals surface area contributed by atoms with E-state index in [2.05, 4.69) is 20.8 Å². The van der Waals surface area contributed by atoms with Crippen LogP contribution in [0.25, 0.3) is 0 Å². The van der Waals surface area contributed by atoms with Gasteiger partial charge in [0, 0.05) is 0 Å². The molecule has 28 heavy (non-hydrogen) atoms. The summed E-state index contributed by atoms with van der Waals surface area (Å²) in [6.45, 7) is 7.95. The van der Waals surface area contributed by atoms with Gasteiger partial charge in [-0.25, -0.2) is 0 Å². The average molecular weight is 355 g/mol. The van der Waals surface area contributed by atoms with Crippen LogP contribution in [-0.4, -0.2) is 70.6 Å². The first kappa shape index (κ1) is 26.6. The maximum absolute atomic E-state index is 6.88. The molecule has 0 N–H and O–H groups in total. The molecule has 3 atom stereocenters. The monoisotopic (exact) mass is 356 g/mol. The zero-order valence-electron chi connectivity index (χ0n) is 18.4. The van der Waals surface area contributed by atoms with Crippen LogP contribution >= 0.6 is 0 Å². The van der Waals surface area contributed by atoms with E-state index in [9.17, 15) is 0 Å². The lowest BCUT2D eigenvalue weighted by Crippen LogP contribution is -2.50. The summed E-state index contributed by atoms with van der Waals surface area (Å²) < 4.78 is 0. The van der Waals surface area contributed by atoms with Crippen LogP contribution in [0, 0.1) is 5.41 Å². The van der Waals surface area contributed by atoms with Crippen LogP contribution in [0.4, 0.5) is 0 Å². The predicted octanol–water partition coefficient (Wildman–Crippen LogP) is 3.16. The molecule has 0 aliphatic heterocycles. The van der Waals surface area contributed by atoms with Gasteiger partial charge in [-0.2, -0.15) is 0 Å². The maximum atomic E-state index is 6.88. The highest BCUT2D eigenvalue weighted by atomic mass is 14.6. The minimum absolute atomic E-state index is 0.555. The van der Waals surface area contributed by atoms with Gasteiger partial charge < -0.3 is 0 Å². The molecule has 1 saturated carbocycles. The summed E-state index contributed by atoms with van der Waals surface area (Å²) in [7, 11) is 58.9. The van der Waals surface area contributed by atoms with Crippen molar-refractivity contribution in [2.24, 2.45) is 5.41 Å². The first-order valence-corrected chi connectivity index (χ1v) is 10.6. The lowest BCUT2D eigenvalue weighted by Gasteiger charge is -2.65. The predicted molar refractivity (Wildman–Crippen MR) is 131 cm³/mol. The molecule has 0 aromatic carbocycles. The van der Waals surface area contributed by atoms with Gasteiger partial charge in [-0.05, 0) is 18.3 Å². The summed E-state index contributed by atoms with van der Waals surface area (Å²) in [5, 5.41) is -8.13. The molecule has 1 aliphatic carbocycles. The summed E-state index contributed by atoms with van der Waals surface area (Å²) in [4.78, 5) is 0. The Balaban J connectivity index is 3.51. The zero-order valence-corrected chi connectivity index (χ0v) is 18.4. The van der Waals surface area contributed by atoms with Gasteiger partial charge in [0.15, 0.2) is 0 Å². The molecule has 0 nitrogen and oxygen atoms in total. The Labute approximate surface area is 187 Å². The Morgan fingerprint density at radius 3 is 1.46 bits per heavy atom. The van der Waals surface area contributed by atoms with Crippen molar-refractivity contribution in [3.05, 3.63) is 0 Å². The molecule has 0 spiro atoms. The van der Waals surface area contributed by atoms with E-state index in [1.807, 2.05) is 0 Å². The van der Waals surface area contributed by atoms with Gasteiger partial charge >= 0.3 is 0 Å². The molecule has 0 aromatic rings. The van der Waals surface area contributed by atoms with Gasteiger partial charge in [-0.3, -0.25) is 0 Å². The summed E-state index contributed by atoms with van der Waals surface area (Å²) in [5.41, 5.74) is -0.555. The molecule has 3 unspecified atom stereocenters. The fourth-order valence-electron chi connectivity index (χ4n) is 5.00. The van der Waals surface area contributed by atoms with Crippen LogP contribution in [0.2, 0.25) is 32.1 Å². The molecule has 132 valence electrons. The van der Waals surface area contributed by atoms with Crippen LogP contribution in [0.3, 0.4) is 0 Å². The van der Waals surface area contributed by atoms with Gasteiger partial charge in [0.25, 0.3) is 0 Å². The van der Waals surface area contributed by atoms with Crippen LogP contribution < -0.4 is 0 Å². The van der Waals surface area contributed by atoms with Gasteiger partial charge in [0.05, 0.1) is 70.6 Å². The van der Waals surface area contributed by atoms with E-state index in [0.717, 1.165) is 51.4 Å². The van der Waals surface area contributed by atoms with Crippen molar-refractivity contribution in [3.8, 4) is 0 Å². The number of unbranched alkanes of at least 4 members (excludes halogenated alkanes) is 4. The van der Waals surface area contributed by atoms with E-state index >= 15 is 0 Å². The Morgan fingerprint density at radius 2 is 1.18 bits per heavy atom. The van der Waals surface area contributed by atoms with Crippen molar-refractivity contribution >= 4 is 70.6 Å². The molecule has 1 rings (SSSR count). The second-order valence-electron chi connectivity index (χ2n) is 9.69.